The fourth-order valence-corrected chi connectivity index (χ4v) is 2.41. The van der Waals surface area contributed by atoms with Crippen LogP contribution in [0.15, 0.2) is 28.9 Å². The van der Waals surface area contributed by atoms with Crippen LogP contribution in [0.2, 0.25) is 0 Å². The molecule has 0 aliphatic heterocycles. The summed E-state index contributed by atoms with van der Waals surface area (Å²) in [6, 6.07) is 4.02. The fourth-order valence-electron chi connectivity index (χ4n) is 1.88. The van der Waals surface area contributed by atoms with Crippen LogP contribution in [0.4, 0.5) is 4.39 Å². The van der Waals surface area contributed by atoms with Crippen LogP contribution in [0.1, 0.15) is 28.0 Å². The lowest BCUT2D eigenvalue weighted by Crippen LogP contribution is -2.25. The summed E-state index contributed by atoms with van der Waals surface area (Å²) < 4.78 is 13.4. The van der Waals surface area contributed by atoms with Gasteiger partial charge in [-0.15, -0.1) is 0 Å². The van der Waals surface area contributed by atoms with Gasteiger partial charge in [0.1, 0.15) is 5.82 Å². The van der Waals surface area contributed by atoms with Gasteiger partial charge in [0.25, 0.3) is 5.91 Å². The number of H-pyrrole nitrogens is 1. The fraction of sp³-hybridized carbons (Fsp3) is 0.286. The smallest absolute Gasteiger partial charge is 0.252 e. The number of aromatic nitrogens is 2. The minimum atomic E-state index is -0.371. The van der Waals surface area contributed by atoms with E-state index in [0.717, 1.165) is 24.1 Å². The summed E-state index contributed by atoms with van der Waals surface area (Å²) in [5.41, 5.74) is 2.64. The molecule has 0 spiro atoms. The number of aryl methyl sites for hydroxylation is 2. The zero-order valence-electron chi connectivity index (χ0n) is 11.0. The van der Waals surface area contributed by atoms with Gasteiger partial charge in [0.15, 0.2) is 0 Å². The molecule has 2 rings (SSSR count). The van der Waals surface area contributed by atoms with E-state index in [1.807, 2.05) is 6.92 Å². The standard InChI is InChI=1S/C14H15BrFN3O/c1-9-10(8-18-19-9)3-2-6-17-14(20)12-5-4-11(16)7-13(12)15/h4-5,7-8H,2-3,6H2,1H3,(H,17,20)(H,18,19). The molecule has 0 radical (unpaired) electrons. The summed E-state index contributed by atoms with van der Waals surface area (Å²) >= 11 is 3.18. The summed E-state index contributed by atoms with van der Waals surface area (Å²) in [6.45, 7) is 2.53. The SMILES string of the molecule is Cc1[nH]ncc1CCCNC(=O)c1ccc(F)cc1Br. The number of halogens is 2. The van der Waals surface area contributed by atoms with Gasteiger partial charge in [0.2, 0.25) is 0 Å². The Morgan fingerprint density at radius 2 is 2.30 bits per heavy atom. The lowest BCUT2D eigenvalue weighted by molar-refractivity contribution is 0.0952. The second-order valence-corrected chi connectivity index (χ2v) is 5.36. The van der Waals surface area contributed by atoms with Crippen molar-refractivity contribution in [3.8, 4) is 0 Å². The second kappa shape index (κ2) is 6.65. The first kappa shape index (κ1) is 14.7. The van der Waals surface area contributed by atoms with Crippen molar-refractivity contribution in [2.75, 3.05) is 6.54 Å². The first-order chi connectivity index (χ1) is 9.58. The zero-order valence-corrected chi connectivity index (χ0v) is 12.6. The topological polar surface area (TPSA) is 57.8 Å². The number of nitrogens with one attached hydrogen (secondary N) is 2. The van der Waals surface area contributed by atoms with Gasteiger partial charge >= 0.3 is 0 Å². The molecule has 0 saturated carbocycles. The Morgan fingerprint density at radius 3 is 2.95 bits per heavy atom. The van der Waals surface area contributed by atoms with Crippen molar-refractivity contribution in [2.45, 2.75) is 19.8 Å². The molecular formula is C14H15BrFN3O. The maximum absolute atomic E-state index is 12.9. The van der Waals surface area contributed by atoms with Crippen LogP contribution in [-0.2, 0) is 6.42 Å². The average Bonchev–Trinajstić information content (AvgIpc) is 2.80. The molecule has 0 bridgehead atoms. The Balaban J connectivity index is 1.82. The molecule has 0 atom stereocenters. The molecule has 0 saturated heterocycles. The summed E-state index contributed by atoms with van der Waals surface area (Å²) in [5.74, 6) is -0.579. The van der Waals surface area contributed by atoms with Crippen LogP contribution in [0.25, 0.3) is 0 Å². The number of hydrogen-bond donors (Lipinski definition) is 2. The number of aromatic amines is 1. The van der Waals surface area contributed by atoms with E-state index in [9.17, 15) is 9.18 Å². The van der Waals surface area contributed by atoms with E-state index in [0.29, 0.717) is 16.6 Å². The highest BCUT2D eigenvalue weighted by molar-refractivity contribution is 9.10. The third-order valence-corrected chi connectivity index (χ3v) is 3.67. The molecule has 2 N–H and O–H groups in total. The number of carbonyl (C=O) groups excluding carboxylic acids is 1. The molecule has 1 aromatic heterocycles. The van der Waals surface area contributed by atoms with Crippen molar-refractivity contribution in [2.24, 2.45) is 0 Å². The maximum atomic E-state index is 12.9. The number of benzene rings is 1. The van der Waals surface area contributed by atoms with Gasteiger partial charge in [-0.3, -0.25) is 9.89 Å². The molecule has 0 aliphatic rings. The van der Waals surface area contributed by atoms with Gasteiger partial charge < -0.3 is 5.32 Å². The van der Waals surface area contributed by atoms with Gasteiger partial charge in [0.05, 0.1) is 11.8 Å². The molecular weight excluding hydrogens is 325 g/mol. The number of amides is 1. The minimum Gasteiger partial charge on any atom is -0.352 e. The van der Waals surface area contributed by atoms with Crippen molar-refractivity contribution in [1.29, 1.82) is 0 Å². The van der Waals surface area contributed by atoms with Crippen LogP contribution in [-0.4, -0.2) is 22.6 Å². The molecule has 4 nitrogen and oxygen atoms in total. The van der Waals surface area contributed by atoms with Gasteiger partial charge in [-0.25, -0.2) is 4.39 Å². The summed E-state index contributed by atoms with van der Waals surface area (Å²) in [4.78, 5) is 11.9. The van der Waals surface area contributed by atoms with E-state index in [-0.39, 0.29) is 11.7 Å². The van der Waals surface area contributed by atoms with E-state index in [1.165, 1.54) is 18.2 Å². The van der Waals surface area contributed by atoms with Crippen LogP contribution in [0, 0.1) is 12.7 Å². The molecule has 106 valence electrons. The maximum Gasteiger partial charge on any atom is 0.252 e. The van der Waals surface area contributed by atoms with Crippen molar-refractivity contribution in [3.05, 3.63) is 51.5 Å². The van der Waals surface area contributed by atoms with E-state index in [2.05, 4.69) is 31.4 Å². The lowest BCUT2D eigenvalue weighted by atomic mass is 10.1. The zero-order chi connectivity index (χ0) is 14.5. The van der Waals surface area contributed by atoms with Gasteiger partial charge in [0, 0.05) is 16.7 Å². The third kappa shape index (κ3) is 3.66. The van der Waals surface area contributed by atoms with E-state index in [1.54, 1.807) is 6.20 Å². The molecule has 6 heteroatoms. The second-order valence-electron chi connectivity index (χ2n) is 4.50. The van der Waals surface area contributed by atoms with Crippen LogP contribution in [0.5, 0.6) is 0 Å². The lowest BCUT2D eigenvalue weighted by Gasteiger charge is -2.07. The molecule has 1 heterocycles. The van der Waals surface area contributed by atoms with Crippen LogP contribution < -0.4 is 5.32 Å². The Labute approximate surface area is 124 Å². The molecule has 0 fully saturated rings. The van der Waals surface area contributed by atoms with E-state index in [4.69, 9.17) is 0 Å². The van der Waals surface area contributed by atoms with Crippen molar-refractivity contribution in [1.82, 2.24) is 15.5 Å². The number of nitrogens with zero attached hydrogens (tertiary/aromatic N) is 1. The normalized spacial score (nSPS) is 10.6. The Hall–Kier alpha value is -1.69. The molecule has 1 amide bonds. The van der Waals surface area contributed by atoms with Crippen molar-refractivity contribution in [3.63, 3.8) is 0 Å². The van der Waals surface area contributed by atoms with Gasteiger partial charge in [-0.05, 0) is 59.5 Å². The number of rotatable bonds is 5. The quantitative estimate of drug-likeness (QED) is 0.822. The predicted molar refractivity (Wildman–Crippen MR) is 78.1 cm³/mol. The predicted octanol–water partition coefficient (Wildman–Crippen LogP) is 2.98. The third-order valence-electron chi connectivity index (χ3n) is 3.02. The Bertz CT molecular complexity index is 612. The Kier molecular flexibility index (Phi) is 4.89. The molecule has 0 aliphatic carbocycles. The monoisotopic (exact) mass is 339 g/mol. The highest BCUT2D eigenvalue weighted by atomic mass is 79.9. The summed E-state index contributed by atoms with van der Waals surface area (Å²) in [5, 5.41) is 9.65. The summed E-state index contributed by atoms with van der Waals surface area (Å²) in [6.07, 6.45) is 3.48. The molecule has 2 aromatic rings. The number of carbonyl (C=O) groups is 1. The Morgan fingerprint density at radius 1 is 1.50 bits per heavy atom. The summed E-state index contributed by atoms with van der Waals surface area (Å²) in [7, 11) is 0. The first-order valence-electron chi connectivity index (χ1n) is 6.30. The highest BCUT2D eigenvalue weighted by Gasteiger charge is 2.10. The van der Waals surface area contributed by atoms with Crippen LogP contribution >= 0.6 is 15.9 Å². The first-order valence-corrected chi connectivity index (χ1v) is 7.09. The average molecular weight is 340 g/mol. The molecule has 1 aromatic carbocycles. The minimum absolute atomic E-state index is 0.208. The van der Waals surface area contributed by atoms with Crippen molar-refractivity contribution >= 4 is 21.8 Å². The molecule has 0 unspecified atom stereocenters. The molecule has 20 heavy (non-hydrogen) atoms. The largest absolute Gasteiger partial charge is 0.352 e. The van der Waals surface area contributed by atoms with E-state index >= 15 is 0 Å². The number of hydrogen-bond acceptors (Lipinski definition) is 2. The van der Waals surface area contributed by atoms with Crippen LogP contribution in [0.3, 0.4) is 0 Å². The highest BCUT2D eigenvalue weighted by Crippen LogP contribution is 2.17. The van der Waals surface area contributed by atoms with E-state index < -0.39 is 0 Å². The van der Waals surface area contributed by atoms with Crippen molar-refractivity contribution < 1.29 is 9.18 Å². The van der Waals surface area contributed by atoms with Gasteiger partial charge in [-0.2, -0.15) is 5.10 Å². The van der Waals surface area contributed by atoms with Gasteiger partial charge in [-0.1, -0.05) is 0 Å².